The maximum absolute atomic E-state index is 4.93. The second-order valence-electron chi connectivity index (χ2n) is 9.86. The third-order valence-electron chi connectivity index (χ3n) is 7.54. The number of rotatable bonds is 7. The van der Waals surface area contributed by atoms with Gasteiger partial charge in [-0.25, -0.2) is 9.97 Å². The summed E-state index contributed by atoms with van der Waals surface area (Å²) in [7, 11) is 2.06. The zero-order valence-corrected chi connectivity index (χ0v) is 20.8. The number of nitrogens with zero attached hydrogens (tertiary/aromatic N) is 5. The van der Waals surface area contributed by atoms with Crippen LogP contribution in [0.5, 0.6) is 0 Å². The van der Waals surface area contributed by atoms with Crippen LogP contribution >= 0.6 is 0 Å². The summed E-state index contributed by atoms with van der Waals surface area (Å²) in [6.45, 7) is 2.17. The molecule has 1 saturated heterocycles. The van der Waals surface area contributed by atoms with E-state index in [1.165, 1.54) is 31.4 Å². The third-order valence-corrected chi connectivity index (χ3v) is 7.54. The number of nitrogens with one attached hydrogen (secondary N) is 3. The van der Waals surface area contributed by atoms with E-state index >= 15 is 0 Å². The number of para-hydroxylation sites is 1. The lowest BCUT2D eigenvalue weighted by molar-refractivity contribution is 0.442. The normalized spacial score (nSPS) is 17.1. The van der Waals surface area contributed by atoms with E-state index < -0.39 is 0 Å². The summed E-state index contributed by atoms with van der Waals surface area (Å²) in [5, 5.41) is 10.3. The molecule has 36 heavy (non-hydrogen) atoms. The summed E-state index contributed by atoms with van der Waals surface area (Å²) in [5.74, 6) is 1.43. The van der Waals surface area contributed by atoms with Gasteiger partial charge >= 0.3 is 0 Å². The van der Waals surface area contributed by atoms with Crippen molar-refractivity contribution in [3.8, 4) is 0 Å². The summed E-state index contributed by atoms with van der Waals surface area (Å²) < 4.78 is 2.28. The van der Waals surface area contributed by atoms with Crippen molar-refractivity contribution in [3.05, 3.63) is 60.8 Å². The first-order valence-corrected chi connectivity index (χ1v) is 13.1. The number of fused-ring (bicyclic) bond motifs is 1. The molecule has 4 aromatic rings. The minimum atomic E-state index is 0.398. The molecule has 6 rings (SSSR count). The zero-order valence-electron chi connectivity index (χ0n) is 20.8. The van der Waals surface area contributed by atoms with Crippen LogP contribution < -0.4 is 20.9 Å². The van der Waals surface area contributed by atoms with Crippen molar-refractivity contribution in [3.63, 3.8) is 0 Å². The Balaban J connectivity index is 1.24. The molecule has 2 fully saturated rings. The zero-order chi connectivity index (χ0) is 24.3. The molecule has 3 heterocycles. The molecule has 186 valence electrons. The molecule has 8 heteroatoms. The van der Waals surface area contributed by atoms with Crippen LogP contribution in [0.2, 0.25) is 0 Å². The predicted octanol–water partition coefficient (Wildman–Crippen LogP) is 5.62. The van der Waals surface area contributed by atoms with E-state index in [1.54, 1.807) is 0 Å². The Kier molecular flexibility index (Phi) is 6.42. The maximum Gasteiger partial charge on any atom is 0.229 e. The Morgan fingerprint density at radius 3 is 2.25 bits per heavy atom. The molecule has 8 nitrogen and oxygen atoms in total. The Morgan fingerprint density at radius 1 is 0.806 bits per heavy atom. The van der Waals surface area contributed by atoms with Crippen LogP contribution in [0.25, 0.3) is 11.2 Å². The van der Waals surface area contributed by atoms with Crippen LogP contribution in [0.4, 0.5) is 29.0 Å². The maximum atomic E-state index is 4.93. The molecular formula is C28H34N8. The fourth-order valence-corrected chi connectivity index (χ4v) is 5.51. The smallest absolute Gasteiger partial charge is 0.229 e. The first-order valence-electron chi connectivity index (χ1n) is 13.1. The molecule has 2 aliphatic rings. The number of hydrogen-bond acceptors (Lipinski definition) is 7. The first kappa shape index (κ1) is 22.8. The van der Waals surface area contributed by atoms with Crippen molar-refractivity contribution in [1.82, 2.24) is 24.8 Å². The quantitative estimate of drug-likeness (QED) is 0.315. The van der Waals surface area contributed by atoms with E-state index in [0.29, 0.717) is 18.0 Å². The van der Waals surface area contributed by atoms with Crippen LogP contribution in [0.15, 0.2) is 60.8 Å². The molecule has 2 aromatic carbocycles. The minimum absolute atomic E-state index is 0.398. The molecule has 1 saturated carbocycles. The van der Waals surface area contributed by atoms with Gasteiger partial charge in [-0.1, -0.05) is 31.0 Å². The van der Waals surface area contributed by atoms with E-state index in [-0.39, 0.29) is 0 Å². The van der Waals surface area contributed by atoms with Crippen molar-refractivity contribution >= 4 is 40.1 Å². The molecule has 0 bridgehead atoms. The largest absolute Gasteiger partial charge is 0.371 e. The Labute approximate surface area is 212 Å². The number of aromatic nitrogens is 4. The summed E-state index contributed by atoms with van der Waals surface area (Å²) >= 11 is 0. The van der Waals surface area contributed by atoms with E-state index in [1.807, 2.05) is 24.4 Å². The minimum Gasteiger partial charge on any atom is -0.371 e. The number of benzene rings is 2. The monoisotopic (exact) mass is 482 g/mol. The molecule has 3 N–H and O–H groups in total. The third kappa shape index (κ3) is 4.73. The molecule has 0 amide bonds. The lowest BCUT2D eigenvalue weighted by atomic mass is 10.0. The lowest BCUT2D eigenvalue weighted by Crippen LogP contribution is -2.41. The van der Waals surface area contributed by atoms with Gasteiger partial charge in [-0.15, -0.1) is 0 Å². The Hall–Kier alpha value is -3.65. The number of anilines is 5. The summed E-state index contributed by atoms with van der Waals surface area (Å²) in [4.78, 5) is 16.8. The highest BCUT2D eigenvalue weighted by Gasteiger charge is 2.24. The summed E-state index contributed by atoms with van der Waals surface area (Å²) in [6, 6.07) is 19.8. The van der Waals surface area contributed by atoms with Gasteiger partial charge in [0, 0.05) is 42.2 Å². The molecule has 1 aliphatic carbocycles. The summed E-state index contributed by atoms with van der Waals surface area (Å²) in [6.07, 6.45) is 8.96. The lowest BCUT2D eigenvalue weighted by Gasteiger charge is -2.33. The first-order chi connectivity index (χ1) is 17.8. The van der Waals surface area contributed by atoms with Gasteiger partial charge in [0.15, 0.2) is 5.65 Å². The van der Waals surface area contributed by atoms with Crippen LogP contribution in [-0.2, 0) is 0 Å². The van der Waals surface area contributed by atoms with E-state index in [9.17, 15) is 0 Å². The van der Waals surface area contributed by atoms with Crippen LogP contribution in [0, 0.1) is 0 Å². The van der Waals surface area contributed by atoms with Crippen LogP contribution in [0.1, 0.15) is 44.6 Å². The molecule has 1 aliphatic heterocycles. The second kappa shape index (κ2) is 10.1. The summed E-state index contributed by atoms with van der Waals surface area (Å²) in [5.41, 5.74) is 4.96. The van der Waals surface area contributed by atoms with Gasteiger partial charge in [0.1, 0.15) is 5.52 Å². The average Bonchev–Trinajstić information content (AvgIpc) is 3.57. The molecular weight excluding hydrogens is 448 g/mol. The van der Waals surface area contributed by atoms with Crippen LogP contribution in [-0.4, -0.2) is 45.7 Å². The Bertz CT molecular complexity index is 1290. The van der Waals surface area contributed by atoms with E-state index in [2.05, 4.69) is 73.8 Å². The van der Waals surface area contributed by atoms with Gasteiger partial charge in [0.25, 0.3) is 0 Å². The highest BCUT2D eigenvalue weighted by molar-refractivity contribution is 5.77. The fourth-order valence-electron chi connectivity index (χ4n) is 5.51. The molecule has 0 atom stereocenters. The van der Waals surface area contributed by atoms with Gasteiger partial charge in [0.05, 0.1) is 6.20 Å². The second-order valence-corrected chi connectivity index (χ2v) is 9.86. The van der Waals surface area contributed by atoms with Gasteiger partial charge < -0.3 is 20.9 Å². The molecule has 0 radical (unpaired) electrons. The fraction of sp³-hybridized carbons (Fsp3) is 0.393. The SMILES string of the molecule is CNC1CCN(c2ccc(Nc3ncc4nc(Nc5ccccc5)n(C5CCCC5)c4n3)cc2)CC1. The average molecular weight is 483 g/mol. The Morgan fingerprint density at radius 2 is 1.53 bits per heavy atom. The van der Waals surface area contributed by atoms with Gasteiger partial charge in [-0.2, -0.15) is 4.98 Å². The van der Waals surface area contributed by atoms with E-state index in [0.717, 1.165) is 54.4 Å². The van der Waals surface area contributed by atoms with Crippen molar-refractivity contribution < 1.29 is 0 Å². The predicted molar refractivity (Wildman–Crippen MR) is 147 cm³/mol. The van der Waals surface area contributed by atoms with Crippen molar-refractivity contribution in [2.75, 3.05) is 35.7 Å². The van der Waals surface area contributed by atoms with Crippen molar-refractivity contribution in [1.29, 1.82) is 0 Å². The van der Waals surface area contributed by atoms with Gasteiger partial charge in [-0.05, 0) is 69.1 Å². The highest BCUT2D eigenvalue weighted by Crippen LogP contribution is 2.36. The molecule has 2 aromatic heterocycles. The number of imidazole rings is 1. The van der Waals surface area contributed by atoms with Crippen molar-refractivity contribution in [2.45, 2.75) is 50.6 Å². The molecule has 0 spiro atoms. The van der Waals surface area contributed by atoms with Crippen molar-refractivity contribution in [2.24, 2.45) is 0 Å². The van der Waals surface area contributed by atoms with Gasteiger partial charge in [0.2, 0.25) is 11.9 Å². The topological polar surface area (TPSA) is 82.9 Å². The number of hydrogen-bond donors (Lipinski definition) is 3. The number of piperidine rings is 1. The van der Waals surface area contributed by atoms with Gasteiger partial charge in [-0.3, -0.25) is 4.57 Å². The molecule has 0 unspecified atom stereocenters. The van der Waals surface area contributed by atoms with Crippen LogP contribution in [0.3, 0.4) is 0 Å². The van der Waals surface area contributed by atoms with E-state index in [4.69, 9.17) is 9.97 Å². The standard InChI is InChI=1S/C28H34N8/c1-29-20-15-17-35(18-16-20)23-13-11-22(12-14-23)31-27-30-19-25-26(34-27)36(24-9-5-6-10-24)28(33-25)32-21-7-3-2-4-8-21/h2-4,7-8,11-14,19-20,24,29H,5-6,9-10,15-18H2,1H3,(H,32,33)(H,30,31,34). The highest BCUT2D eigenvalue weighted by atomic mass is 15.3.